The Balaban J connectivity index is 1.80. The van der Waals surface area contributed by atoms with Gasteiger partial charge in [0.15, 0.2) is 0 Å². The Hall–Kier alpha value is -1.26. The second-order valence-electron chi connectivity index (χ2n) is 4.54. The first-order chi connectivity index (χ1) is 8.65. The fourth-order valence-electron chi connectivity index (χ4n) is 1.97. The number of hydrogen-bond acceptors (Lipinski definition) is 2. The van der Waals surface area contributed by atoms with Gasteiger partial charge in [-0.1, -0.05) is 30.5 Å². The SMILES string of the molecule is Cc1ccc(NC(=O)NOC2CCCC2)cc1Cl. The maximum Gasteiger partial charge on any atom is 0.343 e. The van der Waals surface area contributed by atoms with Crippen molar-refractivity contribution < 1.29 is 9.63 Å². The third kappa shape index (κ3) is 3.62. The van der Waals surface area contributed by atoms with E-state index in [9.17, 15) is 4.79 Å². The summed E-state index contributed by atoms with van der Waals surface area (Å²) in [4.78, 5) is 16.9. The van der Waals surface area contributed by atoms with Crippen molar-refractivity contribution in [1.82, 2.24) is 5.48 Å². The van der Waals surface area contributed by atoms with Crippen molar-refractivity contribution in [1.29, 1.82) is 0 Å². The minimum Gasteiger partial charge on any atom is -0.306 e. The monoisotopic (exact) mass is 268 g/mol. The Kier molecular flexibility index (Phi) is 4.44. The van der Waals surface area contributed by atoms with E-state index in [1.807, 2.05) is 13.0 Å². The van der Waals surface area contributed by atoms with Crippen LogP contribution in [0.15, 0.2) is 18.2 Å². The first-order valence-electron chi connectivity index (χ1n) is 6.14. The second-order valence-corrected chi connectivity index (χ2v) is 4.95. The first-order valence-corrected chi connectivity index (χ1v) is 6.52. The molecule has 0 unspecified atom stereocenters. The summed E-state index contributed by atoms with van der Waals surface area (Å²) in [5.41, 5.74) is 4.04. The van der Waals surface area contributed by atoms with E-state index in [-0.39, 0.29) is 12.1 Å². The van der Waals surface area contributed by atoms with Gasteiger partial charge in [-0.05, 0) is 37.5 Å². The van der Waals surface area contributed by atoms with Crippen molar-refractivity contribution in [3.8, 4) is 0 Å². The van der Waals surface area contributed by atoms with Gasteiger partial charge in [0.05, 0.1) is 6.10 Å². The van der Waals surface area contributed by atoms with Gasteiger partial charge in [0.25, 0.3) is 0 Å². The molecule has 5 heteroatoms. The van der Waals surface area contributed by atoms with E-state index in [0.717, 1.165) is 18.4 Å². The number of amides is 2. The highest BCUT2D eigenvalue weighted by Crippen LogP contribution is 2.21. The van der Waals surface area contributed by atoms with Crippen LogP contribution in [0.25, 0.3) is 0 Å². The molecule has 0 heterocycles. The summed E-state index contributed by atoms with van der Waals surface area (Å²) in [6, 6.07) is 5.00. The molecule has 2 amide bonds. The summed E-state index contributed by atoms with van der Waals surface area (Å²) in [6.07, 6.45) is 4.51. The highest BCUT2D eigenvalue weighted by molar-refractivity contribution is 6.31. The standard InChI is InChI=1S/C13H17ClN2O2/c1-9-6-7-10(8-12(9)14)15-13(17)16-18-11-4-2-3-5-11/h6-8,11H,2-5H2,1H3,(H2,15,16,17). The van der Waals surface area contributed by atoms with Crippen LogP contribution in [0.3, 0.4) is 0 Å². The van der Waals surface area contributed by atoms with E-state index < -0.39 is 0 Å². The normalized spacial score (nSPS) is 15.7. The molecule has 1 aliphatic carbocycles. The maximum atomic E-state index is 11.6. The van der Waals surface area contributed by atoms with Gasteiger partial charge in [-0.3, -0.25) is 4.84 Å². The molecule has 0 aliphatic heterocycles. The van der Waals surface area contributed by atoms with Gasteiger partial charge in [0, 0.05) is 10.7 Å². The van der Waals surface area contributed by atoms with E-state index in [1.165, 1.54) is 12.8 Å². The van der Waals surface area contributed by atoms with E-state index >= 15 is 0 Å². The number of anilines is 1. The van der Waals surface area contributed by atoms with Crippen molar-refractivity contribution in [3.63, 3.8) is 0 Å². The molecule has 0 atom stereocenters. The predicted molar refractivity (Wildman–Crippen MR) is 71.7 cm³/mol. The van der Waals surface area contributed by atoms with Gasteiger partial charge in [-0.2, -0.15) is 0 Å². The fourth-order valence-corrected chi connectivity index (χ4v) is 2.15. The Bertz CT molecular complexity index is 431. The fraction of sp³-hybridized carbons (Fsp3) is 0.462. The van der Waals surface area contributed by atoms with Crippen molar-refractivity contribution in [2.75, 3.05) is 5.32 Å². The van der Waals surface area contributed by atoms with Crippen LogP contribution in [-0.4, -0.2) is 12.1 Å². The average Bonchev–Trinajstić information content (AvgIpc) is 2.84. The lowest BCUT2D eigenvalue weighted by Gasteiger charge is -2.12. The number of rotatable bonds is 3. The predicted octanol–water partition coefficient (Wildman–Crippen LogP) is 3.64. The van der Waals surface area contributed by atoms with Crippen LogP contribution in [0, 0.1) is 6.92 Å². The van der Waals surface area contributed by atoms with Crippen LogP contribution < -0.4 is 10.8 Å². The van der Waals surface area contributed by atoms with Gasteiger partial charge in [-0.15, -0.1) is 0 Å². The van der Waals surface area contributed by atoms with Crippen LogP contribution in [0.1, 0.15) is 31.2 Å². The van der Waals surface area contributed by atoms with Crippen LogP contribution in [0.2, 0.25) is 5.02 Å². The molecule has 0 saturated heterocycles. The van der Waals surface area contributed by atoms with Crippen molar-refractivity contribution in [2.24, 2.45) is 0 Å². The number of hydrogen-bond donors (Lipinski definition) is 2. The highest BCUT2D eigenvalue weighted by Gasteiger charge is 2.16. The minimum atomic E-state index is -0.373. The largest absolute Gasteiger partial charge is 0.343 e. The molecule has 0 aromatic heterocycles. The zero-order valence-corrected chi connectivity index (χ0v) is 11.1. The van der Waals surface area contributed by atoms with Gasteiger partial charge in [0.2, 0.25) is 0 Å². The molecule has 1 aliphatic rings. The lowest BCUT2D eigenvalue weighted by molar-refractivity contribution is 0.00336. The average molecular weight is 269 g/mol. The smallest absolute Gasteiger partial charge is 0.306 e. The first kappa shape index (κ1) is 13.2. The van der Waals surface area contributed by atoms with E-state index in [1.54, 1.807) is 12.1 Å². The van der Waals surface area contributed by atoms with Crippen LogP contribution in [-0.2, 0) is 4.84 Å². The molecule has 0 radical (unpaired) electrons. The van der Waals surface area contributed by atoms with Gasteiger partial charge in [-0.25, -0.2) is 10.3 Å². The van der Waals surface area contributed by atoms with Gasteiger partial charge < -0.3 is 5.32 Å². The Morgan fingerprint density at radius 3 is 2.78 bits per heavy atom. The molecule has 18 heavy (non-hydrogen) atoms. The van der Waals surface area contributed by atoms with E-state index in [0.29, 0.717) is 10.7 Å². The summed E-state index contributed by atoms with van der Waals surface area (Å²) in [5, 5.41) is 3.30. The number of carbonyl (C=O) groups is 1. The maximum absolute atomic E-state index is 11.6. The number of hydroxylamine groups is 1. The molecule has 2 N–H and O–H groups in total. The summed E-state index contributed by atoms with van der Waals surface area (Å²) < 4.78 is 0. The molecular weight excluding hydrogens is 252 g/mol. The lowest BCUT2D eigenvalue weighted by Crippen LogP contribution is -2.32. The summed E-state index contributed by atoms with van der Waals surface area (Å²) in [5.74, 6) is 0. The van der Waals surface area contributed by atoms with Crippen molar-refractivity contribution >= 4 is 23.3 Å². The Labute approximate surface area is 112 Å². The van der Waals surface area contributed by atoms with E-state index in [4.69, 9.17) is 16.4 Å². The number of carbonyl (C=O) groups excluding carboxylic acids is 1. The quantitative estimate of drug-likeness (QED) is 0.822. The minimum absolute atomic E-state index is 0.150. The highest BCUT2D eigenvalue weighted by atomic mass is 35.5. The van der Waals surface area contributed by atoms with Crippen LogP contribution >= 0.6 is 11.6 Å². The lowest BCUT2D eigenvalue weighted by atomic mass is 10.2. The molecule has 1 aromatic rings. The third-order valence-electron chi connectivity index (χ3n) is 3.05. The molecule has 0 spiro atoms. The second kappa shape index (κ2) is 6.07. The topological polar surface area (TPSA) is 50.4 Å². The molecule has 1 saturated carbocycles. The molecule has 1 aromatic carbocycles. The van der Waals surface area contributed by atoms with Crippen LogP contribution in [0.4, 0.5) is 10.5 Å². The number of aryl methyl sites for hydroxylation is 1. The number of halogens is 1. The van der Waals surface area contributed by atoms with Crippen molar-refractivity contribution in [3.05, 3.63) is 28.8 Å². The molecular formula is C13H17ClN2O2. The number of benzene rings is 1. The van der Waals surface area contributed by atoms with E-state index in [2.05, 4.69) is 10.8 Å². The van der Waals surface area contributed by atoms with Gasteiger partial charge in [0.1, 0.15) is 0 Å². The van der Waals surface area contributed by atoms with Crippen LogP contribution in [0.5, 0.6) is 0 Å². The van der Waals surface area contributed by atoms with Gasteiger partial charge >= 0.3 is 6.03 Å². The zero-order valence-electron chi connectivity index (χ0n) is 10.3. The molecule has 98 valence electrons. The molecule has 1 fully saturated rings. The Morgan fingerprint density at radius 1 is 1.39 bits per heavy atom. The third-order valence-corrected chi connectivity index (χ3v) is 3.46. The molecule has 0 bridgehead atoms. The molecule has 2 rings (SSSR count). The Morgan fingerprint density at radius 2 is 2.11 bits per heavy atom. The summed E-state index contributed by atoms with van der Waals surface area (Å²) >= 11 is 5.97. The zero-order chi connectivity index (χ0) is 13.0. The number of urea groups is 1. The molecule has 4 nitrogen and oxygen atoms in total. The van der Waals surface area contributed by atoms with Crippen molar-refractivity contribution in [2.45, 2.75) is 38.7 Å². The number of nitrogens with one attached hydrogen (secondary N) is 2. The summed E-state index contributed by atoms with van der Waals surface area (Å²) in [7, 11) is 0. The summed E-state index contributed by atoms with van der Waals surface area (Å²) in [6.45, 7) is 1.91.